The van der Waals surface area contributed by atoms with Gasteiger partial charge in [-0.1, -0.05) is 6.07 Å². The van der Waals surface area contributed by atoms with E-state index in [9.17, 15) is 13.2 Å². The lowest BCUT2D eigenvalue weighted by Crippen LogP contribution is -2.10. The number of nitrogens with zero attached hydrogens (tertiary/aromatic N) is 1. The number of alkyl halides is 3. The number of aromatic nitrogens is 1. The number of rotatable bonds is 4. The minimum atomic E-state index is -4.15. The van der Waals surface area contributed by atoms with Gasteiger partial charge in [-0.2, -0.15) is 13.2 Å². The van der Waals surface area contributed by atoms with Crippen molar-refractivity contribution in [3.63, 3.8) is 0 Å². The fourth-order valence-corrected chi connectivity index (χ4v) is 1.42. The molecule has 0 spiro atoms. The second-order valence-electron chi connectivity index (χ2n) is 2.89. The van der Waals surface area contributed by atoms with Gasteiger partial charge in [0.1, 0.15) is 5.82 Å². The molecule has 0 atom stereocenters. The van der Waals surface area contributed by atoms with E-state index in [1.54, 1.807) is 6.07 Å². The summed E-state index contributed by atoms with van der Waals surface area (Å²) in [6.45, 7) is 2.08. The van der Waals surface area contributed by atoms with Crippen molar-refractivity contribution in [2.75, 3.05) is 17.6 Å². The Kier molecular flexibility index (Phi) is 4.26. The molecule has 1 heterocycles. The van der Waals surface area contributed by atoms with Gasteiger partial charge in [0.2, 0.25) is 0 Å². The average Bonchev–Trinajstić information content (AvgIpc) is 2.11. The Morgan fingerprint density at radius 2 is 2.13 bits per heavy atom. The number of pyridine rings is 1. The molecule has 0 unspecified atom stereocenters. The van der Waals surface area contributed by atoms with Gasteiger partial charge < -0.3 is 5.32 Å². The van der Waals surface area contributed by atoms with Gasteiger partial charge in [0, 0.05) is 18.0 Å². The summed E-state index contributed by atoms with van der Waals surface area (Å²) in [7, 11) is 0. The first-order chi connectivity index (χ1) is 6.97. The van der Waals surface area contributed by atoms with Crippen molar-refractivity contribution in [1.82, 2.24) is 4.98 Å². The van der Waals surface area contributed by atoms with E-state index in [4.69, 9.17) is 0 Å². The molecule has 2 nitrogen and oxygen atoms in total. The van der Waals surface area contributed by atoms with Gasteiger partial charge in [-0.3, -0.25) is 0 Å². The third-order valence-corrected chi connectivity index (χ3v) is 2.30. The largest absolute Gasteiger partial charge is 0.441 e. The zero-order valence-electron chi connectivity index (χ0n) is 8.14. The number of nitrogens with one attached hydrogen (secondary N) is 1. The highest BCUT2D eigenvalue weighted by Gasteiger charge is 2.27. The van der Waals surface area contributed by atoms with Crippen LogP contribution in [-0.2, 0) is 0 Å². The number of halogens is 3. The van der Waals surface area contributed by atoms with Crippen LogP contribution < -0.4 is 5.32 Å². The summed E-state index contributed by atoms with van der Waals surface area (Å²) in [4.78, 5) is 4.11. The first-order valence-corrected chi connectivity index (χ1v) is 5.34. The zero-order chi connectivity index (χ0) is 11.3. The second kappa shape index (κ2) is 5.25. The monoisotopic (exact) mass is 236 g/mol. The maximum absolute atomic E-state index is 11.8. The Balaban J connectivity index is 2.26. The van der Waals surface area contributed by atoms with Crippen LogP contribution in [0.15, 0.2) is 18.2 Å². The smallest absolute Gasteiger partial charge is 0.369 e. The van der Waals surface area contributed by atoms with E-state index in [2.05, 4.69) is 10.3 Å². The molecule has 0 aromatic carbocycles. The molecule has 0 aliphatic heterocycles. The van der Waals surface area contributed by atoms with E-state index in [-0.39, 0.29) is 24.1 Å². The molecule has 0 bridgehead atoms. The Morgan fingerprint density at radius 3 is 2.73 bits per heavy atom. The van der Waals surface area contributed by atoms with Gasteiger partial charge in [0.15, 0.2) is 0 Å². The summed E-state index contributed by atoms with van der Waals surface area (Å²) in [6, 6.07) is 5.36. The highest BCUT2D eigenvalue weighted by molar-refractivity contribution is 8.00. The molecule has 1 aromatic rings. The van der Waals surface area contributed by atoms with Crippen molar-refractivity contribution in [3.05, 3.63) is 23.9 Å². The molecule has 0 saturated heterocycles. The lowest BCUT2D eigenvalue weighted by molar-refractivity contribution is -0.0327. The molecule has 1 rings (SSSR count). The van der Waals surface area contributed by atoms with E-state index < -0.39 is 5.51 Å². The first kappa shape index (κ1) is 12.2. The minimum absolute atomic E-state index is 0.0148. The maximum Gasteiger partial charge on any atom is 0.441 e. The van der Waals surface area contributed by atoms with Gasteiger partial charge in [-0.15, -0.1) is 0 Å². The van der Waals surface area contributed by atoms with Crippen LogP contribution in [0.5, 0.6) is 0 Å². The van der Waals surface area contributed by atoms with Crippen molar-refractivity contribution < 1.29 is 13.2 Å². The molecule has 1 aromatic heterocycles. The van der Waals surface area contributed by atoms with Crippen LogP contribution in [0.1, 0.15) is 5.69 Å². The van der Waals surface area contributed by atoms with Gasteiger partial charge >= 0.3 is 5.51 Å². The summed E-state index contributed by atoms with van der Waals surface area (Å²) in [5, 5.41) is 2.83. The van der Waals surface area contributed by atoms with E-state index in [1.807, 2.05) is 19.1 Å². The van der Waals surface area contributed by atoms with Crippen molar-refractivity contribution in [2.45, 2.75) is 12.4 Å². The predicted octanol–water partition coefficient (Wildman–Crippen LogP) is 3.05. The van der Waals surface area contributed by atoms with Crippen LogP contribution in [0, 0.1) is 6.92 Å². The minimum Gasteiger partial charge on any atom is -0.369 e. The topological polar surface area (TPSA) is 24.9 Å². The maximum atomic E-state index is 11.8. The number of thioether (sulfide) groups is 1. The van der Waals surface area contributed by atoms with Crippen LogP contribution in [0.3, 0.4) is 0 Å². The highest BCUT2D eigenvalue weighted by atomic mass is 32.2. The molecule has 0 fully saturated rings. The molecule has 6 heteroatoms. The van der Waals surface area contributed by atoms with Crippen LogP contribution >= 0.6 is 11.8 Å². The third-order valence-electron chi connectivity index (χ3n) is 1.56. The molecule has 0 radical (unpaired) electrons. The highest BCUT2D eigenvalue weighted by Crippen LogP contribution is 2.29. The van der Waals surface area contributed by atoms with Crippen LogP contribution in [0.25, 0.3) is 0 Å². The molecular formula is C9H11F3N2S. The average molecular weight is 236 g/mol. The van der Waals surface area contributed by atoms with Crippen LogP contribution in [0.2, 0.25) is 0 Å². The van der Waals surface area contributed by atoms with E-state index in [0.717, 1.165) is 5.69 Å². The lowest BCUT2D eigenvalue weighted by atomic mass is 10.4. The molecule has 0 saturated carbocycles. The molecule has 1 N–H and O–H groups in total. The van der Waals surface area contributed by atoms with E-state index >= 15 is 0 Å². The molecule has 84 valence electrons. The van der Waals surface area contributed by atoms with Crippen molar-refractivity contribution in [1.29, 1.82) is 0 Å². The van der Waals surface area contributed by atoms with Crippen molar-refractivity contribution in [3.8, 4) is 0 Å². The van der Waals surface area contributed by atoms with Crippen molar-refractivity contribution in [2.24, 2.45) is 0 Å². The number of hydrogen-bond donors (Lipinski definition) is 1. The first-order valence-electron chi connectivity index (χ1n) is 4.35. The predicted molar refractivity (Wildman–Crippen MR) is 56.0 cm³/mol. The number of hydrogen-bond acceptors (Lipinski definition) is 3. The SMILES string of the molecule is Cc1cccc(NCCSC(F)(F)F)n1. The van der Waals surface area contributed by atoms with Gasteiger partial charge in [0.05, 0.1) is 0 Å². The second-order valence-corrected chi connectivity index (χ2v) is 4.05. The fourth-order valence-electron chi connectivity index (χ4n) is 0.987. The summed E-state index contributed by atoms with van der Waals surface area (Å²) < 4.78 is 35.3. The standard InChI is InChI=1S/C9H11F3N2S/c1-7-3-2-4-8(14-7)13-5-6-15-9(10,11)12/h2-4H,5-6H2,1H3,(H,13,14). The van der Waals surface area contributed by atoms with Gasteiger partial charge in [0.25, 0.3) is 0 Å². The Morgan fingerprint density at radius 1 is 1.40 bits per heavy atom. The van der Waals surface area contributed by atoms with Gasteiger partial charge in [-0.25, -0.2) is 4.98 Å². The Labute approximate surface area is 90.3 Å². The summed E-state index contributed by atoms with van der Waals surface area (Å²) in [6.07, 6.45) is 0. The quantitative estimate of drug-likeness (QED) is 0.813. The number of aryl methyl sites for hydroxylation is 1. The van der Waals surface area contributed by atoms with E-state index in [1.165, 1.54) is 0 Å². The Bertz CT molecular complexity index is 314. The summed E-state index contributed by atoms with van der Waals surface area (Å²) >= 11 is -0.0333. The summed E-state index contributed by atoms with van der Waals surface area (Å²) in [5.74, 6) is 0.594. The van der Waals surface area contributed by atoms with Crippen LogP contribution in [0.4, 0.5) is 19.0 Å². The third kappa shape index (κ3) is 5.51. The molecule has 15 heavy (non-hydrogen) atoms. The Hall–Kier alpha value is -0.910. The van der Waals surface area contributed by atoms with Gasteiger partial charge in [-0.05, 0) is 30.8 Å². The normalized spacial score (nSPS) is 11.5. The van der Waals surface area contributed by atoms with Crippen molar-refractivity contribution >= 4 is 17.6 Å². The number of anilines is 1. The summed E-state index contributed by atoms with van der Waals surface area (Å²) in [5.41, 5.74) is -3.31. The molecule has 0 aliphatic rings. The molecule has 0 amide bonds. The fraction of sp³-hybridized carbons (Fsp3) is 0.444. The molecular weight excluding hydrogens is 225 g/mol. The molecule has 0 aliphatic carbocycles. The lowest BCUT2D eigenvalue weighted by Gasteiger charge is -2.07. The van der Waals surface area contributed by atoms with Crippen LogP contribution in [-0.4, -0.2) is 22.8 Å². The van der Waals surface area contributed by atoms with E-state index in [0.29, 0.717) is 5.82 Å². The zero-order valence-corrected chi connectivity index (χ0v) is 8.95.